The number of nitrogens with one attached hydrogen (secondary N) is 1. The van der Waals surface area contributed by atoms with Crippen LogP contribution in [0, 0.1) is 6.92 Å². The molecule has 0 saturated heterocycles. The van der Waals surface area contributed by atoms with Crippen LogP contribution in [0.4, 0.5) is 0 Å². The second kappa shape index (κ2) is 8.92. The van der Waals surface area contributed by atoms with Crippen molar-refractivity contribution in [2.24, 2.45) is 0 Å². The number of amides is 1. The molecule has 1 heterocycles. The van der Waals surface area contributed by atoms with Crippen LogP contribution in [-0.2, 0) is 4.79 Å². The van der Waals surface area contributed by atoms with Crippen molar-refractivity contribution in [1.82, 2.24) is 10.2 Å². The third-order valence-electron chi connectivity index (χ3n) is 4.30. The van der Waals surface area contributed by atoms with Gasteiger partial charge in [-0.3, -0.25) is 9.69 Å². The second-order valence-electron chi connectivity index (χ2n) is 6.46. The molecule has 1 aliphatic rings. The number of hydrogen-bond donors (Lipinski definition) is 1. The van der Waals surface area contributed by atoms with Crippen LogP contribution >= 0.6 is 0 Å². The predicted molar refractivity (Wildman–Crippen MR) is 93.8 cm³/mol. The number of fused-ring (bicyclic) bond motifs is 1. The van der Waals surface area contributed by atoms with Crippen molar-refractivity contribution in [3.8, 4) is 5.75 Å². The van der Waals surface area contributed by atoms with Crippen LogP contribution in [0.2, 0.25) is 0 Å². The minimum atomic E-state index is -0.0170. The van der Waals surface area contributed by atoms with Crippen molar-refractivity contribution < 1.29 is 9.53 Å². The number of carbonyl (C=O) groups is 1. The molecule has 2 rings (SSSR count). The lowest BCUT2D eigenvalue weighted by Gasteiger charge is -2.22. The Kier molecular flexibility index (Phi) is 6.90. The SMILES string of the molecule is CCCCN(CCCC)CC(=O)NC1COc2ccc(C)cc21. The first kappa shape index (κ1) is 17.8. The van der Waals surface area contributed by atoms with Crippen LogP contribution < -0.4 is 10.1 Å². The van der Waals surface area contributed by atoms with Crippen LogP contribution in [0.3, 0.4) is 0 Å². The summed E-state index contributed by atoms with van der Waals surface area (Å²) in [7, 11) is 0. The Labute approximate surface area is 140 Å². The van der Waals surface area contributed by atoms with Crippen molar-refractivity contribution >= 4 is 5.91 Å². The van der Waals surface area contributed by atoms with E-state index in [1.165, 1.54) is 5.56 Å². The van der Waals surface area contributed by atoms with E-state index in [0.29, 0.717) is 13.2 Å². The molecular formula is C19H30N2O2. The summed E-state index contributed by atoms with van der Waals surface area (Å²) >= 11 is 0. The Morgan fingerprint density at radius 3 is 2.61 bits per heavy atom. The molecule has 0 saturated carbocycles. The number of aryl methyl sites for hydroxylation is 1. The number of benzene rings is 1. The van der Waals surface area contributed by atoms with Gasteiger partial charge in [-0.25, -0.2) is 0 Å². The summed E-state index contributed by atoms with van der Waals surface area (Å²) < 4.78 is 5.67. The normalized spacial score (nSPS) is 16.3. The van der Waals surface area contributed by atoms with E-state index in [2.05, 4.69) is 37.1 Å². The first-order valence-electron chi connectivity index (χ1n) is 8.89. The maximum atomic E-state index is 12.4. The highest BCUT2D eigenvalue weighted by atomic mass is 16.5. The third kappa shape index (κ3) is 5.24. The Morgan fingerprint density at radius 1 is 1.26 bits per heavy atom. The predicted octanol–water partition coefficient (Wildman–Crippen LogP) is 3.45. The number of rotatable bonds is 9. The lowest BCUT2D eigenvalue weighted by molar-refractivity contribution is -0.123. The van der Waals surface area contributed by atoms with E-state index < -0.39 is 0 Å². The van der Waals surface area contributed by atoms with Gasteiger partial charge in [-0.05, 0) is 38.9 Å². The lowest BCUT2D eigenvalue weighted by atomic mass is 10.1. The molecule has 1 unspecified atom stereocenters. The number of hydrogen-bond acceptors (Lipinski definition) is 3. The van der Waals surface area contributed by atoms with E-state index >= 15 is 0 Å². The minimum absolute atomic E-state index is 0.0170. The van der Waals surface area contributed by atoms with Crippen LogP contribution in [-0.4, -0.2) is 37.0 Å². The summed E-state index contributed by atoms with van der Waals surface area (Å²) in [6.45, 7) is 9.46. The average Bonchev–Trinajstić information content (AvgIpc) is 2.92. The Morgan fingerprint density at radius 2 is 1.96 bits per heavy atom. The molecule has 0 radical (unpaired) electrons. The summed E-state index contributed by atoms with van der Waals surface area (Å²) in [5, 5.41) is 3.14. The standard InChI is InChI=1S/C19H30N2O2/c1-4-6-10-21(11-7-5-2)13-19(22)20-17-14-23-18-9-8-15(3)12-16(17)18/h8-9,12,17H,4-7,10-11,13-14H2,1-3H3,(H,20,22). The fourth-order valence-electron chi connectivity index (χ4n) is 2.93. The summed E-state index contributed by atoms with van der Waals surface area (Å²) in [6, 6.07) is 6.13. The average molecular weight is 318 g/mol. The van der Waals surface area contributed by atoms with Crippen LogP contribution in [0.15, 0.2) is 18.2 Å². The van der Waals surface area contributed by atoms with Crippen LogP contribution in [0.1, 0.15) is 56.7 Å². The van der Waals surface area contributed by atoms with Crippen LogP contribution in [0.5, 0.6) is 5.75 Å². The summed E-state index contributed by atoms with van der Waals surface area (Å²) in [5.74, 6) is 0.995. The molecule has 0 aromatic heterocycles. The van der Waals surface area contributed by atoms with E-state index in [1.54, 1.807) is 0 Å². The first-order valence-corrected chi connectivity index (χ1v) is 8.89. The molecule has 0 spiro atoms. The maximum absolute atomic E-state index is 12.4. The van der Waals surface area contributed by atoms with Crippen molar-refractivity contribution in [1.29, 1.82) is 0 Å². The quantitative estimate of drug-likeness (QED) is 0.758. The molecule has 1 aliphatic heterocycles. The third-order valence-corrected chi connectivity index (χ3v) is 4.30. The monoisotopic (exact) mass is 318 g/mol. The smallest absolute Gasteiger partial charge is 0.234 e. The van der Waals surface area contributed by atoms with Gasteiger partial charge in [0.1, 0.15) is 12.4 Å². The summed E-state index contributed by atoms with van der Waals surface area (Å²) in [6.07, 6.45) is 4.61. The fraction of sp³-hybridized carbons (Fsp3) is 0.632. The molecule has 0 bridgehead atoms. The first-order chi connectivity index (χ1) is 11.1. The topological polar surface area (TPSA) is 41.6 Å². The molecule has 1 amide bonds. The molecular weight excluding hydrogens is 288 g/mol. The van der Waals surface area contributed by atoms with Gasteiger partial charge in [-0.2, -0.15) is 0 Å². The van der Waals surface area contributed by atoms with Gasteiger partial charge in [-0.15, -0.1) is 0 Å². The maximum Gasteiger partial charge on any atom is 0.234 e. The van der Waals surface area contributed by atoms with E-state index in [-0.39, 0.29) is 11.9 Å². The van der Waals surface area contributed by atoms with Crippen molar-refractivity contribution in [3.63, 3.8) is 0 Å². The molecule has 23 heavy (non-hydrogen) atoms. The van der Waals surface area contributed by atoms with Crippen LogP contribution in [0.25, 0.3) is 0 Å². The van der Waals surface area contributed by atoms with Crippen molar-refractivity contribution in [2.75, 3.05) is 26.2 Å². The van der Waals surface area contributed by atoms with Gasteiger partial charge >= 0.3 is 0 Å². The van der Waals surface area contributed by atoms with E-state index in [9.17, 15) is 4.79 Å². The fourth-order valence-corrected chi connectivity index (χ4v) is 2.93. The molecule has 0 fully saturated rings. The molecule has 1 N–H and O–H groups in total. The number of nitrogens with zero attached hydrogens (tertiary/aromatic N) is 1. The van der Waals surface area contributed by atoms with Gasteiger partial charge in [-0.1, -0.05) is 44.4 Å². The summed E-state index contributed by atoms with van der Waals surface area (Å²) in [4.78, 5) is 14.7. The number of ether oxygens (including phenoxy) is 1. The molecule has 0 aliphatic carbocycles. The lowest BCUT2D eigenvalue weighted by Crippen LogP contribution is -2.40. The Bertz CT molecular complexity index is 508. The zero-order chi connectivity index (χ0) is 16.7. The largest absolute Gasteiger partial charge is 0.491 e. The van der Waals surface area contributed by atoms with E-state index in [4.69, 9.17) is 4.74 Å². The highest BCUT2D eigenvalue weighted by Crippen LogP contribution is 2.32. The molecule has 1 atom stereocenters. The van der Waals surface area contributed by atoms with E-state index in [0.717, 1.165) is 50.1 Å². The zero-order valence-corrected chi connectivity index (χ0v) is 14.7. The van der Waals surface area contributed by atoms with Gasteiger partial charge in [0.15, 0.2) is 0 Å². The van der Waals surface area contributed by atoms with E-state index in [1.807, 2.05) is 12.1 Å². The highest BCUT2D eigenvalue weighted by molar-refractivity contribution is 5.78. The molecule has 1 aromatic rings. The Balaban J connectivity index is 1.90. The van der Waals surface area contributed by atoms with Crippen molar-refractivity contribution in [2.45, 2.75) is 52.5 Å². The highest BCUT2D eigenvalue weighted by Gasteiger charge is 2.26. The summed E-state index contributed by atoms with van der Waals surface area (Å²) in [5.41, 5.74) is 2.30. The number of carbonyl (C=O) groups excluding carboxylic acids is 1. The van der Waals surface area contributed by atoms with Gasteiger partial charge < -0.3 is 10.1 Å². The minimum Gasteiger partial charge on any atom is -0.491 e. The van der Waals surface area contributed by atoms with Gasteiger partial charge in [0.25, 0.3) is 0 Å². The molecule has 4 nitrogen and oxygen atoms in total. The van der Waals surface area contributed by atoms with Gasteiger partial charge in [0.05, 0.1) is 12.6 Å². The van der Waals surface area contributed by atoms with Crippen molar-refractivity contribution in [3.05, 3.63) is 29.3 Å². The number of unbranched alkanes of at least 4 members (excludes halogenated alkanes) is 2. The molecule has 4 heteroatoms. The molecule has 1 aromatic carbocycles. The van der Waals surface area contributed by atoms with Gasteiger partial charge in [0, 0.05) is 5.56 Å². The second-order valence-corrected chi connectivity index (χ2v) is 6.46. The van der Waals surface area contributed by atoms with Gasteiger partial charge in [0.2, 0.25) is 5.91 Å². The Hall–Kier alpha value is -1.55. The molecule has 128 valence electrons. The zero-order valence-electron chi connectivity index (χ0n) is 14.7.